The Morgan fingerprint density at radius 2 is 2.16 bits per heavy atom. The highest BCUT2D eigenvalue weighted by atomic mass is 32.2. The Labute approximate surface area is 185 Å². The number of halogens is 2. The third-order valence-electron chi connectivity index (χ3n) is 5.20. The molecule has 0 bridgehead atoms. The lowest BCUT2D eigenvalue weighted by Crippen LogP contribution is -2.16. The molecule has 31 heavy (non-hydrogen) atoms. The van der Waals surface area contributed by atoms with Crippen LogP contribution in [0.5, 0.6) is 0 Å². The summed E-state index contributed by atoms with van der Waals surface area (Å²) in [5, 5.41) is 10.2. The number of pyridine rings is 1. The van der Waals surface area contributed by atoms with Crippen molar-refractivity contribution in [2.45, 2.75) is 36.4 Å². The second-order valence-corrected chi connectivity index (χ2v) is 9.22. The van der Waals surface area contributed by atoms with E-state index < -0.39 is 11.6 Å². The van der Waals surface area contributed by atoms with Crippen molar-refractivity contribution in [2.24, 2.45) is 0 Å². The highest BCUT2D eigenvalue weighted by Gasteiger charge is 2.25. The van der Waals surface area contributed by atoms with Gasteiger partial charge in [0, 0.05) is 29.5 Å². The zero-order chi connectivity index (χ0) is 21.4. The van der Waals surface area contributed by atoms with Crippen LogP contribution >= 0.6 is 23.1 Å². The number of aromatic nitrogens is 4. The van der Waals surface area contributed by atoms with E-state index in [4.69, 9.17) is 10.5 Å². The molecule has 0 aliphatic carbocycles. The number of nitrogen functional groups attached to an aromatic ring is 1. The van der Waals surface area contributed by atoms with Gasteiger partial charge in [-0.3, -0.25) is 4.57 Å². The number of rotatable bonds is 6. The van der Waals surface area contributed by atoms with Crippen LogP contribution in [0.4, 0.5) is 14.5 Å². The van der Waals surface area contributed by atoms with E-state index in [2.05, 4.69) is 15.2 Å². The summed E-state index contributed by atoms with van der Waals surface area (Å²) < 4.78 is 35.4. The molecule has 1 aromatic carbocycles. The number of anilines is 1. The summed E-state index contributed by atoms with van der Waals surface area (Å²) in [5.41, 5.74) is 7.31. The molecular formula is C21H19F2N5OS2. The monoisotopic (exact) mass is 459 g/mol. The average molecular weight is 460 g/mol. The summed E-state index contributed by atoms with van der Waals surface area (Å²) >= 11 is 2.77. The fourth-order valence-corrected chi connectivity index (χ4v) is 5.61. The van der Waals surface area contributed by atoms with Gasteiger partial charge in [0.2, 0.25) is 0 Å². The fourth-order valence-electron chi connectivity index (χ4n) is 3.63. The van der Waals surface area contributed by atoms with Gasteiger partial charge in [-0.2, -0.15) is 0 Å². The van der Waals surface area contributed by atoms with Gasteiger partial charge in [0.05, 0.1) is 23.2 Å². The summed E-state index contributed by atoms with van der Waals surface area (Å²) in [4.78, 5) is 6.02. The first kappa shape index (κ1) is 20.3. The molecule has 1 unspecified atom stereocenters. The van der Waals surface area contributed by atoms with Crippen molar-refractivity contribution in [3.8, 4) is 10.7 Å². The van der Waals surface area contributed by atoms with E-state index in [1.807, 2.05) is 16.7 Å². The largest absolute Gasteiger partial charge is 0.397 e. The lowest BCUT2D eigenvalue weighted by molar-refractivity contribution is 0.0953. The van der Waals surface area contributed by atoms with Gasteiger partial charge in [0.15, 0.2) is 11.0 Å². The fraction of sp³-hybridized carbons (Fsp3) is 0.286. The summed E-state index contributed by atoms with van der Waals surface area (Å²) in [7, 11) is 0. The quantitative estimate of drug-likeness (QED) is 0.414. The van der Waals surface area contributed by atoms with E-state index >= 15 is 0 Å². The average Bonchev–Trinajstić information content (AvgIpc) is 3.50. The van der Waals surface area contributed by atoms with E-state index in [0.29, 0.717) is 23.2 Å². The molecule has 3 aromatic heterocycles. The minimum atomic E-state index is -0.468. The highest BCUT2D eigenvalue weighted by molar-refractivity contribution is 7.98. The zero-order valence-corrected chi connectivity index (χ0v) is 18.1. The molecule has 1 aliphatic rings. The molecule has 1 fully saturated rings. The zero-order valence-electron chi connectivity index (χ0n) is 16.4. The van der Waals surface area contributed by atoms with Crippen LogP contribution in [0.2, 0.25) is 0 Å². The molecule has 0 saturated carbocycles. The predicted molar refractivity (Wildman–Crippen MR) is 118 cm³/mol. The maximum atomic E-state index is 14.1. The van der Waals surface area contributed by atoms with Crippen LogP contribution in [0, 0.1) is 11.6 Å². The Morgan fingerprint density at radius 3 is 2.97 bits per heavy atom. The Hall–Kier alpha value is -2.56. The molecule has 4 heterocycles. The Morgan fingerprint density at radius 1 is 1.26 bits per heavy atom. The molecule has 1 atom stereocenters. The maximum Gasteiger partial charge on any atom is 0.191 e. The van der Waals surface area contributed by atoms with E-state index in [-0.39, 0.29) is 17.4 Å². The Kier molecular flexibility index (Phi) is 5.59. The summed E-state index contributed by atoms with van der Waals surface area (Å²) in [6.45, 7) is 1.30. The van der Waals surface area contributed by atoms with Crippen LogP contribution < -0.4 is 5.73 Å². The van der Waals surface area contributed by atoms with Crippen molar-refractivity contribution >= 4 is 39.0 Å². The number of ether oxygens (including phenoxy) is 1. The molecule has 5 rings (SSSR count). The Balaban J connectivity index is 1.51. The first-order valence-electron chi connectivity index (χ1n) is 9.85. The smallest absolute Gasteiger partial charge is 0.191 e. The van der Waals surface area contributed by atoms with E-state index in [1.165, 1.54) is 29.2 Å². The van der Waals surface area contributed by atoms with Gasteiger partial charge < -0.3 is 10.5 Å². The SMILES string of the molecule is Nc1c(-c2nnc(SCc3cc(F)ccc3F)n2CC2CCCO2)sc2ncccc12. The van der Waals surface area contributed by atoms with Gasteiger partial charge in [-0.1, -0.05) is 11.8 Å². The van der Waals surface area contributed by atoms with E-state index in [0.717, 1.165) is 46.7 Å². The lowest BCUT2D eigenvalue weighted by atomic mass is 10.2. The number of hydrogen-bond acceptors (Lipinski definition) is 7. The summed E-state index contributed by atoms with van der Waals surface area (Å²) in [5.74, 6) is -0.0436. The van der Waals surface area contributed by atoms with Crippen molar-refractivity contribution < 1.29 is 13.5 Å². The van der Waals surface area contributed by atoms with Gasteiger partial charge in [-0.15, -0.1) is 21.5 Å². The first-order valence-corrected chi connectivity index (χ1v) is 11.7. The van der Waals surface area contributed by atoms with Gasteiger partial charge >= 0.3 is 0 Å². The van der Waals surface area contributed by atoms with E-state index in [9.17, 15) is 8.78 Å². The number of thiophene rings is 1. The normalized spacial score (nSPS) is 16.4. The van der Waals surface area contributed by atoms with Crippen molar-refractivity contribution in [1.82, 2.24) is 19.7 Å². The number of fused-ring (bicyclic) bond motifs is 1. The molecule has 4 aromatic rings. The topological polar surface area (TPSA) is 78.8 Å². The van der Waals surface area contributed by atoms with Gasteiger partial charge in [-0.25, -0.2) is 13.8 Å². The van der Waals surface area contributed by atoms with Gasteiger partial charge in [0.25, 0.3) is 0 Å². The number of thioether (sulfide) groups is 1. The van der Waals surface area contributed by atoms with Crippen LogP contribution in [0.1, 0.15) is 18.4 Å². The van der Waals surface area contributed by atoms with Crippen LogP contribution in [0.15, 0.2) is 41.7 Å². The first-order chi connectivity index (χ1) is 15.1. The van der Waals surface area contributed by atoms with Crippen LogP contribution in [0.3, 0.4) is 0 Å². The van der Waals surface area contributed by atoms with Gasteiger partial charge in [-0.05, 0) is 43.2 Å². The minimum absolute atomic E-state index is 0.0498. The minimum Gasteiger partial charge on any atom is -0.397 e. The second-order valence-electron chi connectivity index (χ2n) is 7.28. The third-order valence-corrected chi connectivity index (χ3v) is 7.34. The van der Waals surface area contributed by atoms with Crippen LogP contribution in [-0.4, -0.2) is 32.5 Å². The molecule has 6 nitrogen and oxygen atoms in total. The number of benzene rings is 1. The van der Waals surface area contributed by atoms with Crippen LogP contribution in [-0.2, 0) is 17.0 Å². The van der Waals surface area contributed by atoms with Gasteiger partial charge in [0.1, 0.15) is 16.5 Å². The molecular weight excluding hydrogens is 440 g/mol. The lowest BCUT2D eigenvalue weighted by Gasteiger charge is -2.14. The molecule has 0 radical (unpaired) electrons. The number of nitrogens with zero attached hydrogens (tertiary/aromatic N) is 4. The van der Waals surface area contributed by atoms with Crippen molar-refractivity contribution in [1.29, 1.82) is 0 Å². The Bertz CT molecular complexity index is 1240. The van der Waals surface area contributed by atoms with Crippen molar-refractivity contribution in [3.05, 3.63) is 53.7 Å². The molecule has 0 amide bonds. The van der Waals surface area contributed by atoms with Crippen LogP contribution in [0.25, 0.3) is 20.9 Å². The predicted octanol–water partition coefficient (Wildman–Crippen LogP) is 4.89. The second kappa shape index (κ2) is 8.52. The molecule has 1 aliphatic heterocycles. The molecule has 0 spiro atoms. The molecule has 10 heteroatoms. The third kappa shape index (κ3) is 4.02. The van der Waals surface area contributed by atoms with Crippen molar-refractivity contribution in [2.75, 3.05) is 12.3 Å². The highest BCUT2D eigenvalue weighted by Crippen LogP contribution is 2.40. The molecule has 1 saturated heterocycles. The standard InChI is InChI=1S/C21H19F2N5OS2/c22-13-5-6-16(23)12(9-13)11-30-21-27-26-19(28(21)10-14-3-2-8-29-14)18-17(24)15-4-1-7-25-20(15)31-18/h1,4-7,9,14H,2-3,8,10-11,24H2. The van der Waals surface area contributed by atoms with Crippen molar-refractivity contribution in [3.63, 3.8) is 0 Å². The summed E-state index contributed by atoms with van der Waals surface area (Å²) in [6, 6.07) is 7.24. The number of nitrogens with two attached hydrogens (primary N) is 1. The molecule has 2 N–H and O–H groups in total. The molecule has 160 valence electrons. The summed E-state index contributed by atoms with van der Waals surface area (Å²) in [6.07, 6.45) is 3.74. The van der Waals surface area contributed by atoms with E-state index in [1.54, 1.807) is 6.20 Å². The number of hydrogen-bond donors (Lipinski definition) is 1. The maximum absolute atomic E-state index is 14.1.